The van der Waals surface area contributed by atoms with Crippen LogP contribution in [0.25, 0.3) is 11.1 Å². The molecule has 2 aromatic rings. The molecule has 1 unspecified atom stereocenters. The van der Waals surface area contributed by atoms with Crippen molar-refractivity contribution in [1.29, 1.82) is 0 Å². The zero-order valence-corrected chi connectivity index (χ0v) is 16.9. The minimum absolute atomic E-state index is 0.208. The van der Waals surface area contributed by atoms with E-state index in [2.05, 4.69) is 48.1 Å². The van der Waals surface area contributed by atoms with E-state index in [-0.39, 0.29) is 6.10 Å². The molecule has 1 heterocycles. The zero-order chi connectivity index (χ0) is 19.8. The maximum Gasteiger partial charge on any atom is 0.166 e. The molecule has 1 aliphatic rings. The van der Waals surface area contributed by atoms with Crippen molar-refractivity contribution in [2.45, 2.75) is 33.3 Å². The Labute approximate surface area is 168 Å². The second-order valence-corrected chi connectivity index (χ2v) is 7.13. The Kier molecular flexibility index (Phi) is 6.97. The summed E-state index contributed by atoms with van der Waals surface area (Å²) in [6, 6.07) is 16.2. The number of rotatable bonds is 8. The van der Waals surface area contributed by atoms with E-state index in [1.165, 1.54) is 0 Å². The standard InChI is InChI=1S/C24H28N2O2/c1-4-5-12-23(24-25-15-16-26-24)28-22-14-9-7-11-20(22)19-10-6-8-13-21(19)27-17-18(2)3/h6-11,13-14,18,23H,12,15-17H2,1-3H3,(H,25,26). The third-order valence-corrected chi connectivity index (χ3v) is 4.37. The summed E-state index contributed by atoms with van der Waals surface area (Å²) in [5, 5.41) is 3.32. The molecule has 0 amide bonds. The number of nitrogens with zero attached hydrogens (tertiary/aromatic N) is 1. The zero-order valence-electron chi connectivity index (χ0n) is 16.9. The van der Waals surface area contributed by atoms with E-state index in [0.29, 0.717) is 18.9 Å². The molecular weight excluding hydrogens is 348 g/mol. The predicted octanol–water partition coefficient (Wildman–Crippen LogP) is 4.55. The molecule has 146 valence electrons. The summed E-state index contributed by atoms with van der Waals surface area (Å²) in [6.45, 7) is 8.44. The van der Waals surface area contributed by atoms with Crippen LogP contribution in [0.3, 0.4) is 0 Å². The summed E-state index contributed by atoms with van der Waals surface area (Å²) in [6.07, 6.45) is 0.391. The third kappa shape index (κ3) is 5.07. The second kappa shape index (κ2) is 9.85. The van der Waals surface area contributed by atoms with Gasteiger partial charge in [0.1, 0.15) is 17.3 Å². The van der Waals surface area contributed by atoms with Gasteiger partial charge in [-0.25, -0.2) is 0 Å². The molecule has 0 bridgehead atoms. The van der Waals surface area contributed by atoms with Crippen LogP contribution in [0, 0.1) is 17.8 Å². The van der Waals surface area contributed by atoms with Gasteiger partial charge < -0.3 is 14.8 Å². The smallest absolute Gasteiger partial charge is 0.166 e. The highest BCUT2D eigenvalue weighted by Gasteiger charge is 2.22. The lowest BCUT2D eigenvalue weighted by atomic mass is 10.0. The first kappa shape index (κ1) is 19.8. The number of hydrogen-bond donors (Lipinski definition) is 1. The molecule has 1 N–H and O–H groups in total. The van der Waals surface area contributed by atoms with E-state index in [1.54, 1.807) is 0 Å². The molecule has 0 saturated heterocycles. The van der Waals surface area contributed by atoms with Crippen LogP contribution in [0.4, 0.5) is 0 Å². The average Bonchev–Trinajstić information content (AvgIpc) is 3.25. The summed E-state index contributed by atoms with van der Waals surface area (Å²) < 4.78 is 12.5. The number of benzene rings is 2. The normalized spacial score (nSPS) is 13.9. The van der Waals surface area contributed by atoms with Gasteiger partial charge >= 0.3 is 0 Å². The van der Waals surface area contributed by atoms with Crippen LogP contribution in [-0.4, -0.2) is 31.6 Å². The second-order valence-electron chi connectivity index (χ2n) is 7.13. The van der Waals surface area contributed by atoms with Gasteiger partial charge in [0.25, 0.3) is 0 Å². The monoisotopic (exact) mass is 376 g/mol. The lowest BCUT2D eigenvalue weighted by molar-refractivity contribution is 0.267. The van der Waals surface area contributed by atoms with Crippen LogP contribution in [0.15, 0.2) is 53.5 Å². The molecule has 0 aliphatic carbocycles. The van der Waals surface area contributed by atoms with E-state index >= 15 is 0 Å². The largest absolute Gasteiger partial charge is 0.493 e. The summed E-state index contributed by atoms with van der Waals surface area (Å²) in [4.78, 5) is 4.54. The Balaban J connectivity index is 1.91. The number of nitrogens with one attached hydrogen (secondary N) is 1. The van der Waals surface area contributed by atoms with Gasteiger partial charge in [-0.2, -0.15) is 0 Å². The van der Waals surface area contributed by atoms with Gasteiger partial charge in [-0.1, -0.05) is 56.2 Å². The van der Waals surface area contributed by atoms with E-state index in [1.807, 2.05) is 43.3 Å². The van der Waals surface area contributed by atoms with Crippen LogP contribution >= 0.6 is 0 Å². The highest BCUT2D eigenvalue weighted by Crippen LogP contribution is 2.37. The molecular formula is C24H28N2O2. The van der Waals surface area contributed by atoms with Gasteiger partial charge in [-0.15, -0.1) is 5.92 Å². The number of para-hydroxylation sites is 2. The fourth-order valence-corrected chi connectivity index (χ4v) is 3.04. The number of aliphatic imine (C=N–C) groups is 1. The van der Waals surface area contributed by atoms with Crippen molar-refractivity contribution in [3.05, 3.63) is 48.5 Å². The van der Waals surface area contributed by atoms with E-state index in [9.17, 15) is 0 Å². The minimum atomic E-state index is -0.208. The molecule has 28 heavy (non-hydrogen) atoms. The van der Waals surface area contributed by atoms with Crippen molar-refractivity contribution < 1.29 is 9.47 Å². The summed E-state index contributed by atoms with van der Waals surface area (Å²) >= 11 is 0. The van der Waals surface area contributed by atoms with Crippen LogP contribution in [-0.2, 0) is 0 Å². The summed E-state index contributed by atoms with van der Waals surface area (Å²) in [7, 11) is 0. The molecule has 0 spiro atoms. The molecule has 1 aliphatic heterocycles. The first-order valence-corrected chi connectivity index (χ1v) is 9.84. The average molecular weight is 377 g/mol. The van der Waals surface area contributed by atoms with Gasteiger partial charge in [0.15, 0.2) is 6.10 Å². The Morgan fingerprint density at radius 3 is 2.36 bits per heavy atom. The van der Waals surface area contributed by atoms with Crippen LogP contribution in [0.5, 0.6) is 11.5 Å². The fraction of sp³-hybridized carbons (Fsp3) is 0.375. The summed E-state index contributed by atoms with van der Waals surface area (Å²) in [5.41, 5.74) is 2.04. The molecule has 0 saturated carbocycles. The van der Waals surface area contributed by atoms with Gasteiger partial charge in [0.2, 0.25) is 0 Å². The lowest BCUT2D eigenvalue weighted by Gasteiger charge is -2.21. The van der Waals surface area contributed by atoms with Gasteiger partial charge in [-0.3, -0.25) is 4.99 Å². The highest BCUT2D eigenvalue weighted by molar-refractivity contribution is 5.88. The summed E-state index contributed by atoms with van der Waals surface area (Å²) in [5.74, 6) is 9.10. The van der Waals surface area contributed by atoms with Gasteiger partial charge in [0, 0.05) is 17.7 Å². The van der Waals surface area contributed by atoms with Gasteiger partial charge in [0.05, 0.1) is 19.6 Å². The lowest BCUT2D eigenvalue weighted by Crippen LogP contribution is -2.35. The quantitative estimate of drug-likeness (QED) is 0.687. The molecule has 4 heteroatoms. The highest BCUT2D eigenvalue weighted by atomic mass is 16.5. The van der Waals surface area contributed by atoms with E-state index in [0.717, 1.165) is 41.6 Å². The molecule has 0 radical (unpaired) electrons. The van der Waals surface area contributed by atoms with E-state index < -0.39 is 0 Å². The number of hydrogen-bond acceptors (Lipinski definition) is 4. The number of amidine groups is 1. The Hall–Kier alpha value is -2.93. The fourth-order valence-electron chi connectivity index (χ4n) is 3.04. The van der Waals surface area contributed by atoms with Crippen LogP contribution < -0.4 is 14.8 Å². The number of ether oxygens (including phenoxy) is 2. The van der Waals surface area contributed by atoms with E-state index in [4.69, 9.17) is 9.47 Å². The van der Waals surface area contributed by atoms with Crippen molar-refractivity contribution >= 4 is 5.84 Å². The van der Waals surface area contributed by atoms with Crippen LogP contribution in [0.1, 0.15) is 27.2 Å². The first-order valence-electron chi connectivity index (χ1n) is 9.84. The Morgan fingerprint density at radius 2 is 1.71 bits per heavy atom. The Bertz CT molecular complexity index is 877. The predicted molar refractivity (Wildman–Crippen MR) is 115 cm³/mol. The SMILES string of the molecule is CC#CCC(Oc1ccccc1-c1ccccc1OCC(C)C)C1=NCCN1. The van der Waals surface area contributed by atoms with Crippen molar-refractivity contribution in [1.82, 2.24) is 5.32 Å². The molecule has 1 atom stereocenters. The van der Waals surface area contributed by atoms with Crippen LogP contribution in [0.2, 0.25) is 0 Å². The third-order valence-electron chi connectivity index (χ3n) is 4.37. The minimum Gasteiger partial charge on any atom is -0.493 e. The maximum atomic E-state index is 6.42. The molecule has 3 rings (SSSR count). The molecule has 4 nitrogen and oxygen atoms in total. The maximum absolute atomic E-state index is 6.42. The van der Waals surface area contributed by atoms with Gasteiger partial charge in [-0.05, 0) is 25.0 Å². The van der Waals surface area contributed by atoms with Crippen molar-refractivity contribution in [2.24, 2.45) is 10.9 Å². The first-order chi connectivity index (χ1) is 13.7. The molecule has 2 aromatic carbocycles. The van der Waals surface area contributed by atoms with Crippen molar-refractivity contribution in [3.8, 4) is 34.5 Å². The Morgan fingerprint density at radius 1 is 1.04 bits per heavy atom. The van der Waals surface area contributed by atoms with Crippen molar-refractivity contribution in [3.63, 3.8) is 0 Å². The molecule has 0 fully saturated rings. The molecule has 0 aromatic heterocycles. The van der Waals surface area contributed by atoms with Crippen molar-refractivity contribution in [2.75, 3.05) is 19.7 Å². The topological polar surface area (TPSA) is 42.9 Å².